The van der Waals surface area contributed by atoms with Gasteiger partial charge in [-0.2, -0.15) is 0 Å². The molecule has 1 aromatic carbocycles. The van der Waals surface area contributed by atoms with Crippen LogP contribution in [0, 0.1) is 0 Å². The molecular weight excluding hydrogens is 226 g/mol. The fraction of sp³-hybridized carbons (Fsp3) is 0.500. The average Bonchev–Trinajstić information content (AvgIpc) is 2.28. The van der Waals surface area contributed by atoms with Crippen molar-refractivity contribution in [3.63, 3.8) is 0 Å². The molecule has 0 radical (unpaired) electrons. The van der Waals surface area contributed by atoms with Crippen LogP contribution in [-0.2, 0) is 0 Å². The summed E-state index contributed by atoms with van der Waals surface area (Å²) in [5.41, 5.74) is 7.06. The number of hydrogen-bond acceptors (Lipinski definition) is 3. The van der Waals surface area contributed by atoms with Crippen molar-refractivity contribution in [1.82, 2.24) is 0 Å². The molecule has 0 aliphatic carbocycles. The van der Waals surface area contributed by atoms with Gasteiger partial charge >= 0.3 is 0 Å². The quantitative estimate of drug-likeness (QED) is 0.868. The van der Waals surface area contributed by atoms with Gasteiger partial charge in [0.05, 0.1) is 19.8 Å². The predicted molar refractivity (Wildman–Crippen MR) is 68.6 cm³/mol. The van der Waals surface area contributed by atoms with E-state index in [1.54, 1.807) is 14.2 Å². The lowest BCUT2D eigenvalue weighted by Gasteiger charge is -2.18. The van der Waals surface area contributed by atoms with Crippen LogP contribution in [-0.4, -0.2) is 14.2 Å². The van der Waals surface area contributed by atoms with Gasteiger partial charge in [-0.15, -0.1) is 12.4 Å². The second kappa shape index (κ2) is 7.36. The van der Waals surface area contributed by atoms with E-state index in [1.165, 1.54) is 0 Å². The third-order valence-electron chi connectivity index (χ3n) is 2.44. The summed E-state index contributed by atoms with van der Waals surface area (Å²) in [7, 11) is 3.30. The first kappa shape index (κ1) is 15.1. The van der Waals surface area contributed by atoms with E-state index in [-0.39, 0.29) is 18.4 Å². The zero-order chi connectivity index (χ0) is 11.3. The standard InChI is InChI=1S/C12H19NO2.ClH/c1-4-6-9(13)12-10(14-2)7-5-8-11(12)15-3;/h5,7-9H,4,6,13H2,1-3H3;1H/t9-;/m1./s1. The van der Waals surface area contributed by atoms with E-state index in [0.29, 0.717) is 0 Å². The van der Waals surface area contributed by atoms with E-state index in [0.717, 1.165) is 29.9 Å². The minimum atomic E-state index is -0.0268. The Balaban J connectivity index is 0.00000225. The summed E-state index contributed by atoms with van der Waals surface area (Å²) in [5, 5.41) is 0. The Hall–Kier alpha value is -0.930. The van der Waals surface area contributed by atoms with Crippen molar-refractivity contribution < 1.29 is 9.47 Å². The maximum absolute atomic E-state index is 6.10. The summed E-state index contributed by atoms with van der Waals surface area (Å²) in [5.74, 6) is 1.60. The van der Waals surface area contributed by atoms with Crippen molar-refractivity contribution in [1.29, 1.82) is 0 Å². The summed E-state index contributed by atoms with van der Waals surface area (Å²) in [6, 6.07) is 5.70. The molecule has 0 saturated heterocycles. The monoisotopic (exact) mass is 245 g/mol. The second-order valence-electron chi connectivity index (χ2n) is 3.47. The molecule has 0 unspecified atom stereocenters. The van der Waals surface area contributed by atoms with E-state index in [1.807, 2.05) is 18.2 Å². The van der Waals surface area contributed by atoms with Gasteiger partial charge in [0.2, 0.25) is 0 Å². The normalized spacial score (nSPS) is 11.5. The molecule has 0 aliphatic heterocycles. The molecule has 92 valence electrons. The third-order valence-corrected chi connectivity index (χ3v) is 2.44. The zero-order valence-electron chi connectivity index (χ0n) is 10.0. The summed E-state index contributed by atoms with van der Waals surface area (Å²) in [4.78, 5) is 0. The number of hydrogen-bond donors (Lipinski definition) is 1. The maximum atomic E-state index is 6.10. The molecule has 0 saturated carbocycles. The first-order chi connectivity index (χ1) is 7.24. The van der Waals surface area contributed by atoms with Crippen molar-refractivity contribution in [3.05, 3.63) is 23.8 Å². The lowest BCUT2D eigenvalue weighted by atomic mass is 10.0. The fourth-order valence-electron chi connectivity index (χ4n) is 1.70. The van der Waals surface area contributed by atoms with Gasteiger partial charge in [0.25, 0.3) is 0 Å². The second-order valence-corrected chi connectivity index (χ2v) is 3.47. The highest BCUT2D eigenvalue weighted by Gasteiger charge is 2.16. The van der Waals surface area contributed by atoms with Gasteiger partial charge in [-0.05, 0) is 18.6 Å². The lowest BCUT2D eigenvalue weighted by Crippen LogP contribution is -2.12. The Bertz CT molecular complexity index is 296. The van der Waals surface area contributed by atoms with Crippen LogP contribution < -0.4 is 15.2 Å². The molecule has 0 heterocycles. The van der Waals surface area contributed by atoms with Gasteiger partial charge in [-0.3, -0.25) is 0 Å². The summed E-state index contributed by atoms with van der Waals surface area (Å²) in [6.45, 7) is 2.11. The van der Waals surface area contributed by atoms with Crippen LogP contribution in [0.2, 0.25) is 0 Å². The molecule has 16 heavy (non-hydrogen) atoms. The van der Waals surface area contributed by atoms with Gasteiger partial charge in [0.1, 0.15) is 11.5 Å². The van der Waals surface area contributed by atoms with E-state index in [9.17, 15) is 0 Å². The van der Waals surface area contributed by atoms with E-state index >= 15 is 0 Å². The topological polar surface area (TPSA) is 44.5 Å². The Kier molecular flexibility index (Phi) is 6.93. The van der Waals surface area contributed by atoms with Crippen molar-refractivity contribution >= 4 is 12.4 Å². The Labute approximate surface area is 103 Å². The molecule has 0 aromatic heterocycles. The molecule has 1 atom stereocenters. The predicted octanol–water partition coefficient (Wildman–Crippen LogP) is 2.93. The van der Waals surface area contributed by atoms with Crippen LogP contribution in [0.25, 0.3) is 0 Å². The van der Waals surface area contributed by atoms with Crippen LogP contribution in [0.5, 0.6) is 11.5 Å². The third kappa shape index (κ3) is 3.29. The maximum Gasteiger partial charge on any atom is 0.127 e. The fourth-order valence-corrected chi connectivity index (χ4v) is 1.70. The van der Waals surface area contributed by atoms with Crippen LogP contribution in [0.4, 0.5) is 0 Å². The summed E-state index contributed by atoms with van der Waals surface area (Å²) in [6.07, 6.45) is 1.97. The van der Waals surface area contributed by atoms with Crippen LogP contribution in [0.3, 0.4) is 0 Å². The molecule has 0 amide bonds. The molecule has 3 nitrogen and oxygen atoms in total. The van der Waals surface area contributed by atoms with Crippen molar-refractivity contribution in [2.24, 2.45) is 5.73 Å². The van der Waals surface area contributed by atoms with E-state index in [4.69, 9.17) is 15.2 Å². The first-order valence-corrected chi connectivity index (χ1v) is 5.21. The van der Waals surface area contributed by atoms with E-state index in [2.05, 4.69) is 6.92 Å². The molecule has 0 fully saturated rings. The molecule has 0 bridgehead atoms. The van der Waals surface area contributed by atoms with Crippen molar-refractivity contribution in [2.45, 2.75) is 25.8 Å². The lowest BCUT2D eigenvalue weighted by molar-refractivity contribution is 0.377. The van der Waals surface area contributed by atoms with Crippen molar-refractivity contribution in [3.8, 4) is 11.5 Å². The van der Waals surface area contributed by atoms with Crippen LogP contribution >= 0.6 is 12.4 Å². The minimum Gasteiger partial charge on any atom is -0.496 e. The van der Waals surface area contributed by atoms with Gasteiger partial charge in [-0.25, -0.2) is 0 Å². The van der Waals surface area contributed by atoms with E-state index < -0.39 is 0 Å². The van der Waals surface area contributed by atoms with Gasteiger partial charge < -0.3 is 15.2 Å². The summed E-state index contributed by atoms with van der Waals surface area (Å²) < 4.78 is 10.6. The number of ether oxygens (including phenoxy) is 2. The molecule has 4 heteroatoms. The highest BCUT2D eigenvalue weighted by atomic mass is 35.5. The molecule has 0 aliphatic rings. The Morgan fingerprint density at radius 3 is 2.06 bits per heavy atom. The number of benzene rings is 1. The number of halogens is 1. The number of methoxy groups -OCH3 is 2. The number of rotatable bonds is 5. The highest BCUT2D eigenvalue weighted by molar-refractivity contribution is 5.85. The zero-order valence-corrected chi connectivity index (χ0v) is 10.8. The molecule has 1 aromatic rings. The summed E-state index contributed by atoms with van der Waals surface area (Å²) >= 11 is 0. The van der Waals surface area contributed by atoms with Gasteiger partial charge in [-0.1, -0.05) is 19.4 Å². The average molecular weight is 246 g/mol. The Morgan fingerprint density at radius 1 is 1.19 bits per heavy atom. The van der Waals surface area contributed by atoms with Crippen LogP contribution in [0.1, 0.15) is 31.4 Å². The first-order valence-electron chi connectivity index (χ1n) is 5.21. The van der Waals surface area contributed by atoms with Gasteiger partial charge in [0, 0.05) is 6.04 Å². The molecule has 1 rings (SSSR count). The van der Waals surface area contributed by atoms with Gasteiger partial charge in [0.15, 0.2) is 0 Å². The number of nitrogens with two attached hydrogens (primary N) is 1. The SMILES string of the molecule is CCC[C@@H](N)c1c(OC)cccc1OC.Cl. The van der Waals surface area contributed by atoms with Crippen LogP contribution in [0.15, 0.2) is 18.2 Å². The molecular formula is C12H20ClNO2. The molecule has 2 N–H and O–H groups in total. The van der Waals surface area contributed by atoms with Crippen molar-refractivity contribution in [2.75, 3.05) is 14.2 Å². The molecule has 0 spiro atoms. The largest absolute Gasteiger partial charge is 0.496 e. The highest BCUT2D eigenvalue weighted by Crippen LogP contribution is 2.34. The smallest absolute Gasteiger partial charge is 0.127 e. The minimum absolute atomic E-state index is 0. The Morgan fingerprint density at radius 2 is 1.69 bits per heavy atom.